The van der Waals surface area contributed by atoms with E-state index in [0.29, 0.717) is 37.3 Å². The Morgan fingerprint density at radius 2 is 2.11 bits per heavy atom. The quantitative estimate of drug-likeness (QED) is 0.789. The second-order valence-corrected chi connectivity index (χ2v) is 7.54. The number of alkyl halides is 3. The van der Waals surface area contributed by atoms with Crippen LogP contribution in [0.25, 0.3) is 5.65 Å². The molecule has 1 aliphatic heterocycles. The van der Waals surface area contributed by atoms with E-state index < -0.39 is 11.9 Å². The van der Waals surface area contributed by atoms with Crippen LogP contribution in [0.15, 0.2) is 23.8 Å². The van der Waals surface area contributed by atoms with E-state index in [1.807, 2.05) is 6.08 Å². The number of halogens is 3. The molecule has 2 aliphatic rings. The van der Waals surface area contributed by atoms with Crippen LogP contribution in [0.5, 0.6) is 0 Å². The standard InChI is InChI=1S/C20H23F3N4O/c1-2-15-10-17(20(21,22)23)27-18(24-15)11-16(25-27)14-8-9-26(12-14)19(28)13-6-4-3-5-7-13/h6,10-11,14H,2-5,7-9,12H2,1H3. The average molecular weight is 392 g/mol. The summed E-state index contributed by atoms with van der Waals surface area (Å²) in [4.78, 5) is 18.8. The van der Waals surface area contributed by atoms with Gasteiger partial charge in [-0.05, 0) is 44.6 Å². The molecular formula is C20H23F3N4O. The van der Waals surface area contributed by atoms with E-state index in [2.05, 4.69) is 10.1 Å². The SMILES string of the molecule is CCc1cc(C(F)(F)F)n2nc(C3CCN(C(=O)C4=CCCCC4)C3)cc2n1. The first-order chi connectivity index (χ1) is 13.4. The molecule has 1 unspecified atom stereocenters. The lowest BCUT2D eigenvalue weighted by molar-refractivity contribution is -0.142. The molecule has 4 rings (SSSR count). The van der Waals surface area contributed by atoms with Gasteiger partial charge in [-0.15, -0.1) is 0 Å². The number of fused-ring (bicyclic) bond motifs is 1. The Kier molecular flexibility index (Phi) is 4.89. The molecule has 1 atom stereocenters. The van der Waals surface area contributed by atoms with Gasteiger partial charge in [0.25, 0.3) is 0 Å². The highest BCUT2D eigenvalue weighted by atomic mass is 19.4. The number of aryl methyl sites for hydroxylation is 1. The molecule has 1 fully saturated rings. The number of hydrogen-bond donors (Lipinski definition) is 0. The molecule has 3 heterocycles. The Bertz CT molecular complexity index is 931. The van der Waals surface area contributed by atoms with Crippen molar-refractivity contribution in [3.63, 3.8) is 0 Å². The zero-order chi connectivity index (χ0) is 19.9. The number of rotatable bonds is 3. The molecule has 0 radical (unpaired) electrons. The first-order valence-corrected chi connectivity index (χ1v) is 9.82. The summed E-state index contributed by atoms with van der Waals surface area (Å²) < 4.78 is 41.2. The highest BCUT2D eigenvalue weighted by molar-refractivity contribution is 5.93. The van der Waals surface area contributed by atoms with Crippen molar-refractivity contribution in [3.8, 4) is 0 Å². The Balaban J connectivity index is 1.60. The van der Waals surface area contributed by atoms with Gasteiger partial charge in [0, 0.05) is 36.3 Å². The van der Waals surface area contributed by atoms with E-state index in [-0.39, 0.29) is 17.5 Å². The van der Waals surface area contributed by atoms with E-state index >= 15 is 0 Å². The fraction of sp³-hybridized carbons (Fsp3) is 0.550. The zero-order valence-electron chi connectivity index (χ0n) is 15.8. The van der Waals surface area contributed by atoms with Crippen LogP contribution >= 0.6 is 0 Å². The monoisotopic (exact) mass is 392 g/mol. The summed E-state index contributed by atoms with van der Waals surface area (Å²) in [5, 5.41) is 4.22. The Morgan fingerprint density at radius 3 is 2.79 bits per heavy atom. The van der Waals surface area contributed by atoms with Crippen molar-refractivity contribution in [3.05, 3.63) is 40.9 Å². The summed E-state index contributed by atoms with van der Waals surface area (Å²) in [5.41, 5.74) is 1.23. The van der Waals surface area contributed by atoms with Crippen molar-refractivity contribution in [2.75, 3.05) is 13.1 Å². The molecule has 1 saturated heterocycles. The summed E-state index contributed by atoms with van der Waals surface area (Å²) in [6, 6.07) is 2.69. The largest absolute Gasteiger partial charge is 0.433 e. The lowest BCUT2D eigenvalue weighted by atomic mass is 9.98. The van der Waals surface area contributed by atoms with Crippen molar-refractivity contribution in [2.45, 2.75) is 57.5 Å². The van der Waals surface area contributed by atoms with Crippen LogP contribution in [-0.4, -0.2) is 38.5 Å². The molecule has 0 aromatic carbocycles. The smallest absolute Gasteiger partial charge is 0.338 e. The Hall–Kier alpha value is -2.38. The molecule has 5 nitrogen and oxygen atoms in total. The number of likely N-dealkylation sites (tertiary alicyclic amines) is 1. The van der Waals surface area contributed by atoms with Gasteiger partial charge in [0.05, 0.1) is 5.69 Å². The van der Waals surface area contributed by atoms with Crippen LogP contribution in [0.4, 0.5) is 13.2 Å². The van der Waals surface area contributed by atoms with E-state index in [1.54, 1.807) is 17.9 Å². The van der Waals surface area contributed by atoms with Gasteiger partial charge in [0.1, 0.15) is 5.69 Å². The van der Waals surface area contributed by atoms with Crippen molar-refractivity contribution in [1.29, 1.82) is 0 Å². The van der Waals surface area contributed by atoms with Gasteiger partial charge < -0.3 is 4.90 Å². The molecule has 0 spiro atoms. The number of amides is 1. The summed E-state index contributed by atoms with van der Waals surface area (Å²) in [7, 11) is 0. The summed E-state index contributed by atoms with van der Waals surface area (Å²) in [6.07, 6.45) is 2.55. The first kappa shape index (κ1) is 19.0. The van der Waals surface area contributed by atoms with Crippen LogP contribution in [0, 0.1) is 0 Å². The second kappa shape index (κ2) is 7.22. The summed E-state index contributed by atoms with van der Waals surface area (Å²) in [6.45, 7) is 2.87. The van der Waals surface area contributed by atoms with Crippen LogP contribution in [0.1, 0.15) is 62.0 Å². The highest BCUT2D eigenvalue weighted by Gasteiger charge is 2.36. The van der Waals surface area contributed by atoms with E-state index in [9.17, 15) is 18.0 Å². The van der Waals surface area contributed by atoms with Crippen LogP contribution in [-0.2, 0) is 17.4 Å². The Morgan fingerprint density at radius 1 is 1.29 bits per heavy atom. The maximum atomic E-state index is 13.4. The fourth-order valence-corrected chi connectivity index (χ4v) is 4.05. The van der Waals surface area contributed by atoms with Gasteiger partial charge in [-0.1, -0.05) is 13.0 Å². The minimum absolute atomic E-state index is 0.0633. The van der Waals surface area contributed by atoms with Crippen molar-refractivity contribution in [2.24, 2.45) is 0 Å². The molecule has 8 heteroatoms. The van der Waals surface area contributed by atoms with Crippen molar-refractivity contribution < 1.29 is 18.0 Å². The molecule has 28 heavy (non-hydrogen) atoms. The van der Waals surface area contributed by atoms with Gasteiger partial charge in [-0.3, -0.25) is 4.79 Å². The van der Waals surface area contributed by atoms with E-state index in [4.69, 9.17) is 0 Å². The van der Waals surface area contributed by atoms with E-state index in [1.165, 1.54) is 0 Å². The normalized spacial score (nSPS) is 20.6. The number of allylic oxidation sites excluding steroid dienone is 1. The number of hydrogen-bond acceptors (Lipinski definition) is 3. The number of aromatic nitrogens is 3. The van der Waals surface area contributed by atoms with Crippen LogP contribution < -0.4 is 0 Å². The van der Waals surface area contributed by atoms with Crippen molar-refractivity contribution >= 4 is 11.6 Å². The maximum Gasteiger partial charge on any atom is 0.433 e. The van der Waals surface area contributed by atoms with Gasteiger partial charge >= 0.3 is 6.18 Å². The van der Waals surface area contributed by atoms with Gasteiger partial charge in [0.15, 0.2) is 5.65 Å². The Labute approximate surface area is 161 Å². The fourth-order valence-electron chi connectivity index (χ4n) is 4.05. The molecule has 0 bridgehead atoms. The summed E-state index contributed by atoms with van der Waals surface area (Å²) >= 11 is 0. The third-order valence-corrected chi connectivity index (χ3v) is 5.61. The van der Waals surface area contributed by atoms with Crippen LogP contribution in [0.3, 0.4) is 0 Å². The van der Waals surface area contributed by atoms with Gasteiger partial charge in [0.2, 0.25) is 5.91 Å². The third-order valence-electron chi connectivity index (χ3n) is 5.61. The highest BCUT2D eigenvalue weighted by Crippen LogP contribution is 2.33. The molecule has 150 valence electrons. The molecular weight excluding hydrogens is 369 g/mol. The molecule has 1 amide bonds. The lowest BCUT2D eigenvalue weighted by Gasteiger charge is -2.20. The van der Waals surface area contributed by atoms with E-state index in [0.717, 1.165) is 41.8 Å². The van der Waals surface area contributed by atoms with Gasteiger partial charge in [-0.25, -0.2) is 9.50 Å². The minimum atomic E-state index is -4.50. The summed E-state index contributed by atoms with van der Waals surface area (Å²) in [5.74, 6) is -0.00524. The first-order valence-electron chi connectivity index (χ1n) is 9.82. The topological polar surface area (TPSA) is 50.5 Å². The third kappa shape index (κ3) is 3.52. The molecule has 2 aromatic rings. The average Bonchev–Trinajstić information content (AvgIpc) is 3.33. The van der Waals surface area contributed by atoms with Gasteiger partial charge in [-0.2, -0.15) is 18.3 Å². The molecule has 1 aliphatic carbocycles. The number of nitrogens with zero attached hydrogens (tertiary/aromatic N) is 4. The zero-order valence-corrected chi connectivity index (χ0v) is 15.8. The molecule has 0 saturated carbocycles. The molecule has 0 N–H and O–H groups in total. The predicted octanol–water partition coefficient (Wildman–Crippen LogP) is 4.13. The van der Waals surface area contributed by atoms with Crippen LogP contribution in [0.2, 0.25) is 0 Å². The number of carbonyl (C=O) groups is 1. The minimum Gasteiger partial charge on any atom is -0.338 e. The van der Waals surface area contributed by atoms with Crippen molar-refractivity contribution in [1.82, 2.24) is 19.5 Å². The second-order valence-electron chi connectivity index (χ2n) is 7.54. The maximum absolute atomic E-state index is 13.4. The predicted molar refractivity (Wildman–Crippen MR) is 97.9 cm³/mol. The lowest BCUT2D eigenvalue weighted by Crippen LogP contribution is -2.30. The molecule has 2 aromatic heterocycles. The number of carbonyl (C=O) groups excluding carboxylic acids is 1.